The molecule has 0 saturated heterocycles. The number of rotatable bonds is 0. The Kier molecular flexibility index (Phi) is 4.95. The van der Waals surface area contributed by atoms with Gasteiger partial charge in [0.25, 0.3) is 0 Å². The molecule has 0 aliphatic carbocycles. The van der Waals surface area contributed by atoms with Crippen molar-refractivity contribution in [2.45, 2.75) is 0 Å². The Labute approximate surface area is 76.5 Å². The molecule has 0 aliphatic heterocycles. The quantitative estimate of drug-likeness (QED) is 0.450. The molecule has 1 radical (unpaired) electrons. The van der Waals surface area contributed by atoms with Crippen LogP contribution in [-0.2, 0) is 17.1 Å². The number of hydrogen-bond donors (Lipinski definition) is 0. The van der Waals surface area contributed by atoms with Gasteiger partial charge in [-0.25, -0.2) is 0 Å². The van der Waals surface area contributed by atoms with Crippen LogP contribution in [0.25, 0.3) is 0 Å². The molecule has 0 aliphatic rings. The maximum atomic E-state index is 8.10. The second kappa shape index (κ2) is 5.56. The van der Waals surface area contributed by atoms with E-state index in [0.29, 0.717) is 0 Å². The predicted octanol–water partition coefficient (Wildman–Crippen LogP) is 1.56. The van der Waals surface area contributed by atoms with Crippen molar-refractivity contribution in [3.8, 4) is 17.9 Å². The monoisotopic (exact) mass is 190 g/mol. The summed E-state index contributed by atoms with van der Waals surface area (Å²) in [5.41, 5.74) is 0.879. The first-order chi connectivity index (χ1) is 4.93. The van der Waals surface area contributed by atoms with Crippen molar-refractivity contribution in [2.75, 3.05) is 0 Å². The topological polar surface area (TPSA) is 23.8 Å². The van der Waals surface area contributed by atoms with E-state index < -0.39 is 0 Å². The van der Waals surface area contributed by atoms with Gasteiger partial charge in [0.15, 0.2) is 6.07 Å². The molecule has 0 spiro atoms. The normalized spacial score (nSPS) is 6.45. The molecular weight excluding hydrogens is 186 g/mol. The minimum absolute atomic E-state index is 0. The van der Waals surface area contributed by atoms with Gasteiger partial charge in [-0.15, -0.1) is 0 Å². The smallest absolute Gasteiger partial charge is 0.152 e. The summed E-state index contributed by atoms with van der Waals surface area (Å²) in [7, 11) is 0. The molecule has 1 rings (SSSR count). The fourth-order valence-corrected chi connectivity index (χ4v) is 0.622. The van der Waals surface area contributed by atoms with Gasteiger partial charge in [0.1, 0.15) is 0 Å². The average molecular weight is 191 g/mol. The molecule has 1 aromatic carbocycles. The summed E-state index contributed by atoms with van der Waals surface area (Å²) in [5.74, 6) is 5.00. The summed E-state index contributed by atoms with van der Waals surface area (Å²) in [6.45, 7) is 0. The Bertz CT molecular complexity index is 300. The van der Waals surface area contributed by atoms with Crippen LogP contribution in [0.3, 0.4) is 0 Å². The van der Waals surface area contributed by atoms with Crippen molar-refractivity contribution >= 4 is 0 Å². The van der Waals surface area contributed by atoms with Crippen LogP contribution in [0.5, 0.6) is 0 Å². The van der Waals surface area contributed by atoms with Gasteiger partial charge in [0.2, 0.25) is 0 Å². The second-order valence-corrected chi connectivity index (χ2v) is 1.73. The van der Waals surface area contributed by atoms with Crippen molar-refractivity contribution in [1.29, 1.82) is 5.26 Å². The van der Waals surface area contributed by atoms with E-state index in [1.807, 2.05) is 30.3 Å². The maximum absolute atomic E-state index is 8.10. The maximum Gasteiger partial charge on any atom is 0.152 e. The predicted molar refractivity (Wildman–Crippen MR) is 38.9 cm³/mol. The van der Waals surface area contributed by atoms with Gasteiger partial charge in [-0.3, -0.25) is 0 Å². The molecule has 11 heavy (non-hydrogen) atoms. The second-order valence-electron chi connectivity index (χ2n) is 1.73. The van der Waals surface area contributed by atoms with E-state index in [-0.39, 0.29) is 17.1 Å². The minimum Gasteiger partial charge on any atom is -0.183 e. The molecule has 1 nitrogen and oxygen atoms in total. The minimum atomic E-state index is 0. The third kappa shape index (κ3) is 3.48. The van der Waals surface area contributed by atoms with Gasteiger partial charge >= 0.3 is 0 Å². The zero-order valence-corrected chi connectivity index (χ0v) is 6.58. The molecule has 1 aromatic rings. The van der Waals surface area contributed by atoms with Crippen LogP contribution in [0.15, 0.2) is 30.3 Å². The molecule has 0 bridgehead atoms. The zero-order chi connectivity index (χ0) is 7.23. The average Bonchev–Trinajstić information content (AvgIpc) is 2.03. The molecule has 0 amide bonds. The van der Waals surface area contributed by atoms with Crippen molar-refractivity contribution < 1.29 is 17.1 Å². The number of nitriles is 1. The zero-order valence-electron chi connectivity index (χ0n) is 5.64. The standard InChI is InChI=1S/C9H5N.Cu/c10-8-4-7-9-5-2-1-3-6-9;/h1-3,5-6H;. The van der Waals surface area contributed by atoms with E-state index >= 15 is 0 Å². The Balaban J connectivity index is 0.000001000. The van der Waals surface area contributed by atoms with Crippen molar-refractivity contribution in [3.05, 3.63) is 35.9 Å². The number of benzene rings is 1. The van der Waals surface area contributed by atoms with Crippen LogP contribution in [0, 0.1) is 23.2 Å². The van der Waals surface area contributed by atoms with Crippen LogP contribution in [0.1, 0.15) is 5.56 Å². The van der Waals surface area contributed by atoms with E-state index in [1.54, 1.807) is 6.07 Å². The summed E-state index contributed by atoms with van der Waals surface area (Å²) in [6.07, 6.45) is 0. The van der Waals surface area contributed by atoms with Crippen LogP contribution >= 0.6 is 0 Å². The number of nitrogens with zero attached hydrogens (tertiary/aromatic N) is 1. The number of hydrogen-bond acceptors (Lipinski definition) is 1. The van der Waals surface area contributed by atoms with Gasteiger partial charge in [-0.1, -0.05) is 24.1 Å². The molecule has 0 aromatic heterocycles. The first kappa shape index (κ1) is 9.79. The molecule has 0 N–H and O–H groups in total. The van der Waals surface area contributed by atoms with Crippen LogP contribution in [-0.4, -0.2) is 0 Å². The molecule has 0 heterocycles. The molecule has 0 atom stereocenters. The SMILES string of the molecule is N#CC#Cc1ccccc1.[Cu]. The van der Waals surface area contributed by atoms with E-state index in [4.69, 9.17) is 5.26 Å². The van der Waals surface area contributed by atoms with Gasteiger partial charge in [-0.2, -0.15) is 5.26 Å². The molecule has 0 unspecified atom stereocenters. The summed E-state index contributed by atoms with van der Waals surface area (Å²) in [4.78, 5) is 0. The molecule has 0 saturated carbocycles. The van der Waals surface area contributed by atoms with E-state index in [0.717, 1.165) is 5.56 Å². The van der Waals surface area contributed by atoms with Crippen molar-refractivity contribution in [2.24, 2.45) is 0 Å². The van der Waals surface area contributed by atoms with Gasteiger partial charge in [0, 0.05) is 28.6 Å². The van der Waals surface area contributed by atoms with E-state index in [2.05, 4.69) is 11.8 Å². The fourth-order valence-electron chi connectivity index (χ4n) is 0.622. The summed E-state index contributed by atoms with van der Waals surface area (Å²) >= 11 is 0. The van der Waals surface area contributed by atoms with Crippen LogP contribution in [0.2, 0.25) is 0 Å². The molecule has 0 fully saturated rings. The van der Waals surface area contributed by atoms with Crippen LogP contribution < -0.4 is 0 Å². The first-order valence-electron chi connectivity index (χ1n) is 2.88. The molecule has 57 valence electrons. The van der Waals surface area contributed by atoms with Gasteiger partial charge in [-0.05, 0) is 12.1 Å². The summed E-state index contributed by atoms with van der Waals surface area (Å²) < 4.78 is 0. The third-order valence-electron chi connectivity index (χ3n) is 1.04. The van der Waals surface area contributed by atoms with E-state index in [9.17, 15) is 0 Å². The van der Waals surface area contributed by atoms with E-state index in [1.165, 1.54) is 0 Å². The van der Waals surface area contributed by atoms with Crippen molar-refractivity contribution in [3.63, 3.8) is 0 Å². The Morgan fingerprint density at radius 1 is 1.09 bits per heavy atom. The molecular formula is C9H5CuN. The first-order valence-corrected chi connectivity index (χ1v) is 2.88. The molecule has 2 heteroatoms. The third-order valence-corrected chi connectivity index (χ3v) is 1.04. The van der Waals surface area contributed by atoms with Gasteiger partial charge < -0.3 is 0 Å². The Morgan fingerprint density at radius 3 is 2.27 bits per heavy atom. The van der Waals surface area contributed by atoms with Crippen molar-refractivity contribution in [1.82, 2.24) is 0 Å². The Morgan fingerprint density at radius 2 is 1.73 bits per heavy atom. The fraction of sp³-hybridized carbons (Fsp3) is 0. The largest absolute Gasteiger partial charge is 0.183 e. The van der Waals surface area contributed by atoms with Gasteiger partial charge in [0.05, 0.1) is 0 Å². The summed E-state index contributed by atoms with van der Waals surface area (Å²) in [6, 6.07) is 11.2. The Hall–Kier alpha value is -1.21. The summed E-state index contributed by atoms with van der Waals surface area (Å²) in [5, 5.41) is 8.10. The van der Waals surface area contributed by atoms with Crippen LogP contribution in [0.4, 0.5) is 0 Å².